The molecule has 1 fully saturated rings. The first-order chi connectivity index (χ1) is 8.14. The Kier molecular flexibility index (Phi) is 3.81. The lowest BCUT2D eigenvalue weighted by Crippen LogP contribution is -2.38. The SMILES string of the molecule is CCc1ccc(S(=O)(=O)N2CCCOC2)cc1. The molecule has 1 aliphatic rings. The normalized spacial score (nSPS) is 18.2. The fraction of sp³-hybridized carbons (Fsp3) is 0.500. The van der Waals surface area contributed by atoms with Gasteiger partial charge in [-0.15, -0.1) is 0 Å². The van der Waals surface area contributed by atoms with Crippen LogP contribution in [-0.4, -0.2) is 32.6 Å². The lowest BCUT2D eigenvalue weighted by Gasteiger charge is -2.25. The van der Waals surface area contributed by atoms with E-state index < -0.39 is 10.0 Å². The minimum absolute atomic E-state index is 0.165. The highest BCUT2D eigenvalue weighted by Gasteiger charge is 2.26. The molecule has 0 atom stereocenters. The summed E-state index contributed by atoms with van der Waals surface area (Å²) in [4.78, 5) is 0.347. The molecule has 0 unspecified atom stereocenters. The highest BCUT2D eigenvalue weighted by molar-refractivity contribution is 7.89. The lowest BCUT2D eigenvalue weighted by molar-refractivity contribution is 0.0313. The fourth-order valence-corrected chi connectivity index (χ4v) is 3.17. The second kappa shape index (κ2) is 5.16. The third kappa shape index (κ3) is 2.68. The van der Waals surface area contributed by atoms with E-state index >= 15 is 0 Å². The molecule has 94 valence electrons. The Morgan fingerprint density at radius 1 is 1.29 bits per heavy atom. The number of nitrogens with zero attached hydrogens (tertiary/aromatic N) is 1. The maximum absolute atomic E-state index is 12.2. The molecule has 0 N–H and O–H groups in total. The van der Waals surface area contributed by atoms with Crippen molar-refractivity contribution in [2.45, 2.75) is 24.7 Å². The van der Waals surface area contributed by atoms with E-state index in [4.69, 9.17) is 4.74 Å². The van der Waals surface area contributed by atoms with Gasteiger partial charge in [0.15, 0.2) is 0 Å². The highest BCUT2D eigenvalue weighted by atomic mass is 32.2. The molecule has 1 aromatic rings. The van der Waals surface area contributed by atoms with Crippen molar-refractivity contribution in [3.8, 4) is 0 Å². The smallest absolute Gasteiger partial charge is 0.245 e. The van der Waals surface area contributed by atoms with Crippen LogP contribution in [0, 0.1) is 0 Å². The van der Waals surface area contributed by atoms with Crippen molar-refractivity contribution in [1.82, 2.24) is 4.31 Å². The van der Waals surface area contributed by atoms with Crippen molar-refractivity contribution in [2.24, 2.45) is 0 Å². The fourth-order valence-electron chi connectivity index (χ4n) is 1.81. The third-order valence-corrected chi connectivity index (χ3v) is 4.74. The number of hydrogen-bond acceptors (Lipinski definition) is 3. The zero-order valence-corrected chi connectivity index (χ0v) is 10.7. The van der Waals surface area contributed by atoms with E-state index in [1.54, 1.807) is 12.1 Å². The first-order valence-corrected chi connectivity index (χ1v) is 7.25. The van der Waals surface area contributed by atoms with E-state index in [1.165, 1.54) is 4.31 Å². The molecule has 1 aromatic carbocycles. The van der Waals surface area contributed by atoms with Crippen LogP contribution in [0.1, 0.15) is 18.9 Å². The van der Waals surface area contributed by atoms with E-state index in [9.17, 15) is 8.42 Å². The van der Waals surface area contributed by atoms with Crippen molar-refractivity contribution in [3.05, 3.63) is 29.8 Å². The topological polar surface area (TPSA) is 46.6 Å². The van der Waals surface area contributed by atoms with Gasteiger partial charge in [-0.05, 0) is 30.5 Å². The molecular weight excluding hydrogens is 238 g/mol. The van der Waals surface area contributed by atoms with E-state index in [0.29, 0.717) is 18.0 Å². The van der Waals surface area contributed by atoms with Crippen LogP contribution in [0.15, 0.2) is 29.2 Å². The van der Waals surface area contributed by atoms with Gasteiger partial charge in [-0.3, -0.25) is 0 Å². The number of rotatable bonds is 3. The summed E-state index contributed by atoms with van der Waals surface area (Å²) in [6.07, 6.45) is 1.67. The molecule has 0 radical (unpaired) electrons. The van der Waals surface area contributed by atoms with Gasteiger partial charge in [0.25, 0.3) is 0 Å². The molecule has 0 aromatic heterocycles. The van der Waals surface area contributed by atoms with E-state index in [1.807, 2.05) is 19.1 Å². The molecule has 0 amide bonds. The second-order valence-corrected chi connectivity index (χ2v) is 6.01. The molecule has 0 spiro atoms. The summed E-state index contributed by atoms with van der Waals surface area (Å²) in [5, 5.41) is 0. The molecule has 1 heterocycles. The Morgan fingerprint density at radius 2 is 2.00 bits per heavy atom. The van der Waals surface area contributed by atoms with Gasteiger partial charge < -0.3 is 4.74 Å². The Hall–Kier alpha value is -0.910. The minimum Gasteiger partial charge on any atom is -0.365 e. The maximum Gasteiger partial charge on any atom is 0.245 e. The monoisotopic (exact) mass is 255 g/mol. The van der Waals surface area contributed by atoms with Crippen LogP contribution in [0.25, 0.3) is 0 Å². The number of hydrogen-bond donors (Lipinski definition) is 0. The summed E-state index contributed by atoms with van der Waals surface area (Å²) in [6.45, 7) is 3.39. The van der Waals surface area contributed by atoms with Gasteiger partial charge in [-0.1, -0.05) is 19.1 Å². The van der Waals surface area contributed by atoms with Gasteiger partial charge in [-0.25, -0.2) is 8.42 Å². The van der Waals surface area contributed by atoms with Crippen LogP contribution in [0.2, 0.25) is 0 Å². The van der Waals surface area contributed by atoms with Gasteiger partial charge in [0.2, 0.25) is 10.0 Å². The van der Waals surface area contributed by atoms with E-state index in [-0.39, 0.29) is 6.73 Å². The number of aryl methyl sites for hydroxylation is 1. The second-order valence-electron chi connectivity index (χ2n) is 4.07. The molecule has 1 aliphatic heterocycles. The van der Waals surface area contributed by atoms with Crippen molar-refractivity contribution in [2.75, 3.05) is 19.9 Å². The zero-order chi connectivity index (χ0) is 12.3. The van der Waals surface area contributed by atoms with Gasteiger partial charge >= 0.3 is 0 Å². The Balaban J connectivity index is 2.23. The maximum atomic E-state index is 12.2. The van der Waals surface area contributed by atoms with Gasteiger partial charge in [0.05, 0.1) is 4.90 Å². The first-order valence-electron chi connectivity index (χ1n) is 5.81. The summed E-state index contributed by atoms with van der Waals surface area (Å²) >= 11 is 0. The van der Waals surface area contributed by atoms with Crippen LogP contribution >= 0.6 is 0 Å². The molecule has 5 heteroatoms. The van der Waals surface area contributed by atoms with Crippen LogP contribution in [0.4, 0.5) is 0 Å². The van der Waals surface area contributed by atoms with Crippen LogP contribution < -0.4 is 0 Å². The average Bonchev–Trinajstić information content (AvgIpc) is 2.40. The van der Waals surface area contributed by atoms with Gasteiger partial charge in [0, 0.05) is 13.2 Å². The Bertz CT molecular complexity index is 461. The first kappa shape index (κ1) is 12.5. The molecular formula is C12H17NO3S. The molecule has 17 heavy (non-hydrogen) atoms. The molecule has 1 saturated heterocycles. The third-order valence-electron chi connectivity index (χ3n) is 2.90. The van der Waals surface area contributed by atoms with Crippen LogP contribution in [-0.2, 0) is 21.2 Å². The lowest BCUT2D eigenvalue weighted by atomic mass is 10.2. The summed E-state index contributed by atoms with van der Waals surface area (Å²) in [6, 6.07) is 7.06. The molecule has 0 aliphatic carbocycles. The van der Waals surface area contributed by atoms with Gasteiger partial charge in [0.1, 0.15) is 6.73 Å². The predicted octanol–water partition coefficient (Wildman–Crippen LogP) is 1.62. The highest BCUT2D eigenvalue weighted by Crippen LogP contribution is 2.18. The number of benzene rings is 1. The number of sulfonamides is 1. The van der Waals surface area contributed by atoms with Crippen LogP contribution in [0.5, 0.6) is 0 Å². The molecule has 0 bridgehead atoms. The zero-order valence-electron chi connectivity index (χ0n) is 9.93. The van der Waals surface area contributed by atoms with E-state index in [0.717, 1.165) is 18.4 Å². The van der Waals surface area contributed by atoms with Gasteiger partial charge in [-0.2, -0.15) is 4.31 Å². The predicted molar refractivity (Wildman–Crippen MR) is 65.1 cm³/mol. The standard InChI is InChI=1S/C12H17NO3S/c1-2-11-4-6-12(7-5-11)17(14,15)13-8-3-9-16-10-13/h4-7H,2-3,8-10H2,1H3. The quantitative estimate of drug-likeness (QED) is 0.824. The largest absolute Gasteiger partial charge is 0.365 e. The van der Waals surface area contributed by atoms with E-state index in [2.05, 4.69) is 0 Å². The van der Waals surface area contributed by atoms with Crippen molar-refractivity contribution in [1.29, 1.82) is 0 Å². The molecule has 2 rings (SSSR count). The van der Waals surface area contributed by atoms with Crippen molar-refractivity contribution in [3.63, 3.8) is 0 Å². The summed E-state index contributed by atoms with van der Waals surface area (Å²) in [5.41, 5.74) is 1.14. The average molecular weight is 255 g/mol. The number of ether oxygens (including phenoxy) is 1. The molecule has 4 nitrogen and oxygen atoms in total. The Morgan fingerprint density at radius 3 is 2.53 bits per heavy atom. The van der Waals surface area contributed by atoms with Crippen molar-refractivity contribution >= 4 is 10.0 Å². The minimum atomic E-state index is -3.38. The summed E-state index contributed by atoms with van der Waals surface area (Å²) < 4.78 is 31.0. The van der Waals surface area contributed by atoms with Crippen LogP contribution in [0.3, 0.4) is 0 Å². The van der Waals surface area contributed by atoms with Crippen molar-refractivity contribution < 1.29 is 13.2 Å². The molecule has 0 saturated carbocycles. The summed E-state index contributed by atoms with van der Waals surface area (Å²) in [7, 11) is -3.38. The Labute approximate surface area is 102 Å². The summed E-state index contributed by atoms with van der Waals surface area (Å²) in [5.74, 6) is 0.